The number of rotatable bonds is 7. The first kappa shape index (κ1) is 23.0. The van der Waals surface area contributed by atoms with Crippen LogP contribution in [-0.4, -0.2) is 51.8 Å². The average Bonchev–Trinajstić information content (AvgIpc) is 3.22. The Balaban J connectivity index is 1.55. The molecule has 1 aromatic heterocycles. The van der Waals surface area contributed by atoms with Crippen molar-refractivity contribution in [3.63, 3.8) is 0 Å². The number of nitrogens with zero attached hydrogens (tertiary/aromatic N) is 5. The Bertz CT molecular complexity index is 1050. The summed E-state index contributed by atoms with van der Waals surface area (Å²) in [4.78, 5) is 17.0. The summed E-state index contributed by atoms with van der Waals surface area (Å²) in [7, 11) is 1.91. The standard InChI is InChI=1S/C27H35N5O/c1-20(2)30(4)26(33)24-14-16-31(17-15-24)27-29-28-25(18-22-8-6-5-7-9-22)32(27)19-23-12-10-21(3)11-13-23/h5-13,20,24H,14-19H2,1-4H3. The van der Waals surface area contributed by atoms with E-state index in [1.54, 1.807) is 0 Å². The summed E-state index contributed by atoms with van der Waals surface area (Å²) in [6.45, 7) is 8.61. The van der Waals surface area contributed by atoms with Gasteiger partial charge in [0.25, 0.3) is 0 Å². The molecule has 0 saturated carbocycles. The number of benzene rings is 2. The molecule has 33 heavy (non-hydrogen) atoms. The quantitative estimate of drug-likeness (QED) is 0.544. The Hall–Kier alpha value is -3.15. The third-order valence-electron chi connectivity index (χ3n) is 6.72. The van der Waals surface area contributed by atoms with Crippen LogP contribution in [0.1, 0.15) is 49.2 Å². The van der Waals surface area contributed by atoms with Crippen molar-refractivity contribution in [2.45, 2.75) is 52.6 Å². The second-order valence-electron chi connectivity index (χ2n) is 9.45. The van der Waals surface area contributed by atoms with Gasteiger partial charge in [0.05, 0.1) is 6.54 Å². The van der Waals surface area contributed by atoms with Crippen molar-refractivity contribution < 1.29 is 4.79 Å². The predicted molar refractivity (Wildman–Crippen MR) is 132 cm³/mol. The highest BCUT2D eigenvalue weighted by molar-refractivity contribution is 5.79. The first-order valence-electron chi connectivity index (χ1n) is 12.0. The molecule has 0 aliphatic carbocycles. The van der Waals surface area contributed by atoms with Crippen LogP contribution < -0.4 is 4.90 Å². The Morgan fingerprint density at radius 1 is 1.00 bits per heavy atom. The molecule has 174 valence electrons. The van der Waals surface area contributed by atoms with Crippen LogP contribution in [0.3, 0.4) is 0 Å². The van der Waals surface area contributed by atoms with Crippen LogP contribution in [0.25, 0.3) is 0 Å². The topological polar surface area (TPSA) is 54.3 Å². The van der Waals surface area contributed by atoms with E-state index in [-0.39, 0.29) is 17.9 Å². The highest BCUT2D eigenvalue weighted by Gasteiger charge is 2.30. The van der Waals surface area contributed by atoms with E-state index in [1.165, 1.54) is 16.7 Å². The van der Waals surface area contributed by atoms with E-state index in [0.29, 0.717) is 0 Å². The predicted octanol–water partition coefficient (Wildman–Crippen LogP) is 4.31. The van der Waals surface area contributed by atoms with Crippen LogP contribution in [0.5, 0.6) is 0 Å². The molecular weight excluding hydrogens is 410 g/mol. The van der Waals surface area contributed by atoms with Crippen LogP contribution >= 0.6 is 0 Å². The number of aryl methyl sites for hydroxylation is 1. The minimum atomic E-state index is 0.0888. The van der Waals surface area contributed by atoms with E-state index in [1.807, 2.05) is 18.0 Å². The minimum Gasteiger partial charge on any atom is -0.343 e. The Morgan fingerprint density at radius 3 is 2.30 bits per heavy atom. The molecule has 0 spiro atoms. The third kappa shape index (κ3) is 5.44. The van der Waals surface area contributed by atoms with Crippen molar-refractivity contribution in [1.29, 1.82) is 0 Å². The zero-order valence-electron chi connectivity index (χ0n) is 20.2. The Morgan fingerprint density at radius 2 is 1.67 bits per heavy atom. The van der Waals surface area contributed by atoms with Gasteiger partial charge in [0.2, 0.25) is 11.9 Å². The van der Waals surface area contributed by atoms with E-state index < -0.39 is 0 Å². The first-order chi connectivity index (χ1) is 15.9. The molecule has 0 bridgehead atoms. The lowest BCUT2D eigenvalue weighted by molar-refractivity contribution is -0.136. The van der Waals surface area contributed by atoms with Crippen molar-refractivity contribution in [2.24, 2.45) is 5.92 Å². The van der Waals surface area contributed by atoms with Gasteiger partial charge in [-0.2, -0.15) is 0 Å². The van der Waals surface area contributed by atoms with Crippen molar-refractivity contribution in [3.05, 3.63) is 77.1 Å². The molecule has 6 nitrogen and oxygen atoms in total. The van der Waals surface area contributed by atoms with Gasteiger partial charge in [-0.3, -0.25) is 9.36 Å². The maximum atomic E-state index is 12.8. The molecule has 6 heteroatoms. The molecule has 0 unspecified atom stereocenters. The lowest BCUT2D eigenvalue weighted by Gasteiger charge is -2.34. The number of amides is 1. The van der Waals surface area contributed by atoms with Gasteiger partial charge in [0.15, 0.2) is 0 Å². The molecule has 0 N–H and O–H groups in total. The lowest BCUT2D eigenvalue weighted by atomic mass is 9.95. The maximum absolute atomic E-state index is 12.8. The fraction of sp³-hybridized carbons (Fsp3) is 0.444. The second kappa shape index (κ2) is 10.2. The lowest BCUT2D eigenvalue weighted by Crippen LogP contribution is -2.44. The average molecular weight is 446 g/mol. The van der Waals surface area contributed by atoms with E-state index in [2.05, 4.69) is 89.0 Å². The fourth-order valence-corrected chi connectivity index (χ4v) is 4.38. The second-order valence-corrected chi connectivity index (χ2v) is 9.45. The van der Waals surface area contributed by atoms with E-state index in [9.17, 15) is 4.79 Å². The normalized spacial score (nSPS) is 14.6. The number of hydrogen-bond acceptors (Lipinski definition) is 4. The first-order valence-corrected chi connectivity index (χ1v) is 12.0. The van der Waals surface area contributed by atoms with Gasteiger partial charge < -0.3 is 9.80 Å². The van der Waals surface area contributed by atoms with Gasteiger partial charge in [-0.25, -0.2) is 0 Å². The number of piperidine rings is 1. The summed E-state index contributed by atoms with van der Waals surface area (Å²) in [6.07, 6.45) is 2.44. The molecule has 0 atom stereocenters. The summed E-state index contributed by atoms with van der Waals surface area (Å²) in [6, 6.07) is 19.3. The monoisotopic (exact) mass is 445 g/mol. The third-order valence-corrected chi connectivity index (χ3v) is 6.72. The van der Waals surface area contributed by atoms with Crippen molar-refractivity contribution >= 4 is 11.9 Å². The summed E-state index contributed by atoms with van der Waals surface area (Å²) in [5.74, 6) is 2.22. The van der Waals surface area contributed by atoms with Gasteiger partial charge >= 0.3 is 0 Å². The SMILES string of the molecule is Cc1ccc(Cn2c(Cc3ccccc3)nnc2N2CCC(C(=O)N(C)C(C)C)CC2)cc1. The Labute approximate surface area is 197 Å². The zero-order chi connectivity index (χ0) is 23.4. The molecule has 2 heterocycles. The van der Waals surface area contributed by atoms with Crippen LogP contribution in [-0.2, 0) is 17.8 Å². The number of hydrogen-bond donors (Lipinski definition) is 0. The van der Waals surface area contributed by atoms with Gasteiger partial charge in [-0.1, -0.05) is 60.2 Å². The smallest absolute Gasteiger partial charge is 0.227 e. The van der Waals surface area contributed by atoms with E-state index in [0.717, 1.165) is 50.7 Å². The summed E-state index contributed by atoms with van der Waals surface area (Å²) in [5.41, 5.74) is 3.72. The van der Waals surface area contributed by atoms with Crippen molar-refractivity contribution in [1.82, 2.24) is 19.7 Å². The zero-order valence-corrected chi connectivity index (χ0v) is 20.2. The molecule has 0 radical (unpaired) electrons. The molecule has 4 rings (SSSR count). The highest BCUT2D eigenvalue weighted by atomic mass is 16.2. The molecule has 2 aromatic carbocycles. The molecule has 1 saturated heterocycles. The van der Waals surface area contributed by atoms with Crippen LogP contribution in [0.4, 0.5) is 5.95 Å². The number of aromatic nitrogens is 3. The summed E-state index contributed by atoms with van der Waals surface area (Å²) in [5, 5.41) is 9.23. The molecule has 1 aliphatic rings. The summed E-state index contributed by atoms with van der Waals surface area (Å²) < 4.78 is 2.25. The van der Waals surface area contributed by atoms with Crippen molar-refractivity contribution in [2.75, 3.05) is 25.0 Å². The molecule has 1 fully saturated rings. The van der Waals surface area contributed by atoms with E-state index >= 15 is 0 Å². The molecule has 1 amide bonds. The number of carbonyl (C=O) groups is 1. The molecule has 1 aliphatic heterocycles. The fourth-order valence-electron chi connectivity index (χ4n) is 4.38. The number of carbonyl (C=O) groups excluding carboxylic acids is 1. The van der Waals surface area contributed by atoms with Gasteiger partial charge in [0, 0.05) is 38.5 Å². The van der Waals surface area contributed by atoms with Crippen molar-refractivity contribution in [3.8, 4) is 0 Å². The molecule has 3 aromatic rings. The van der Waals surface area contributed by atoms with Crippen LogP contribution in [0.15, 0.2) is 54.6 Å². The minimum absolute atomic E-state index is 0.0888. The highest BCUT2D eigenvalue weighted by Crippen LogP contribution is 2.26. The molecular formula is C27H35N5O. The van der Waals surface area contributed by atoms with Gasteiger partial charge in [-0.15, -0.1) is 10.2 Å². The van der Waals surface area contributed by atoms with Crippen LogP contribution in [0, 0.1) is 12.8 Å². The largest absolute Gasteiger partial charge is 0.343 e. The van der Waals surface area contributed by atoms with Gasteiger partial charge in [0.1, 0.15) is 5.82 Å². The van der Waals surface area contributed by atoms with Crippen LogP contribution in [0.2, 0.25) is 0 Å². The number of anilines is 1. The van der Waals surface area contributed by atoms with E-state index in [4.69, 9.17) is 0 Å². The summed E-state index contributed by atoms with van der Waals surface area (Å²) >= 11 is 0. The van der Waals surface area contributed by atoms with Gasteiger partial charge in [-0.05, 0) is 44.7 Å². The maximum Gasteiger partial charge on any atom is 0.227 e. The Kier molecular flexibility index (Phi) is 7.11.